The largest absolute Gasteiger partial charge is 0.409 e. The van der Waals surface area contributed by atoms with Crippen molar-refractivity contribution in [2.75, 3.05) is 11.9 Å². The molecule has 1 aromatic carbocycles. The summed E-state index contributed by atoms with van der Waals surface area (Å²) in [5.41, 5.74) is 5.39. The van der Waals surface area contributed by atoms with Crippen LogP contribution in [0, 0.1) is 17.6 Å². The molecule has 0 amide bonds. The number of amidine groups is 1. The maximum Gasteiger partial charge on any atom is 0.181 e. The zero-order chi connectivity index (χ0) is 12.1. The second-order valence-corrected chi connectivity index (χ2v) is 3.41. The molecule has 88 valence electrons. The molecule has 0 saturated heterocycles. The first-order valence-electron chi connectivity index (χ1n) is 4.71. The lowest BCUT2D eigenvalue weighted by molar-refractivity contribution is 0.315. The van der Waals surface area contributed by atoms with E-state index in [9.17, 15) is 8.78 Å². The zero-order valence-corrected chi connectivity index (χ0v) is 8.74. The van der Waals surface area contributed by atoms with Gasteiger partial charge in [-0.15, -0.1) is 0 Å². The summed E-state index contributed by atoms with van der Waals surface area (Å²) in [5.74, 6) is -2.10. The standard InChI is InChI=1S/C10H13F2N3O/c1-6(10(13)15-16)5-14-8-4-2-3-7(11)9(8)12/h2-4,6,14,16H,5H2,1H3,(H2,13,15). The van der Waals surface area contributed by atoms with Gasteiger partial charge in [0, 0.05) is 12.5 Å². The molecule has 0 radical (unpaired) electrons. The molecular weight excluding hydrogens is 216 g/mol. The number of anilines is 1. The quantitative estimate of drug-likeness (QED) is 0.319. The van der Waals surface area contributed by atoms with E-state index in [2.05, 4.69) is 10.5 Å². The summed E-state index contributed by atoms with van der Waals surface area (Å²) in [6, 6.07) is 3.85. The lowest BCUT2D eigenvalue weighted by Gasteiger charge is -2.12. The van der Waals surface area contributed by atoms with Crippen molar-refractivity contribution in [2.24, 2.45) is 16.8 Å². The van der Waals surface area contributed by atoms with Gasteiger partial charge in [0.1, 0.15) is 5.84 Å². The molecule has 4 N–H and O–H groups in total. The summed E-state index contributed by atoms with van der Waals surface area (Å²) in [5, 5.41) is 13.9. The number of oxime groups is 1. The van der Waals surface area contributed by atoms with Crippen molar-refractivity contribution in [1.82, 2.24) is 0 Å². The van der Waals surface area contributed by atoms with Crippen LogP contribution in [0.25, 0.3) is 0 Å². The van der Waals surface area contributed by atoms with Crippen molar-refractivity contribution in [1.29, 1.82) is 0 Å². The first-order chi connectivity index (χ1) is 7.56. The predicted octanol–water partition coefficient (Wildman–Crippen LogP) is 1.76. The number of nitrogens with one attached hydrogen (secondary N) is 1. The SMILES string of the molecule is CC(CNc1cccc(F)c1F)C(N)=NO. The van der Waals surface area contributed by atoms with E-state index in [1.54, 1.807) is 6.92 Å². The molecule has 0 aliphatic heterocycles. The van der Waals surface area contributed by atoms with Crippen LogP contribution in [0.4, 0.5) is 14.5 Å². The second kappa shape index (κ2) is 5.29. The van der Waals surface area contributed by atoms with Gasteiger partial charge in [-0.1, -0.05) is 18.1 Å². The average molecular weight is 229 g/mol. The Kier molecular flexibility index (Phi) is 4.04. The van der Waals surface area contributed by atoms with Crippen LogP contribution in [-0.4, -0.2) is 17.6 Å². The lowest BCUT2D eigenvalue weighted by Crippen LogP contribution is -2.27. The Morgan fingerprint density at radius 1 is 1.56 bits per heavy atom. The summed E-state index contributed by atoms with van der Waals surface area (Å²) in [6.45, 7) is 1.94. The Balaban J connectivity index is 2.65. The highest BCUT2D eigenvalue weighted by molar-refractivity contribution is 5.82. The molecular formula is C10H13F2N3O. The molecule has 0 bridgehead atoms. The number of nitrogens with zero attached hydrogens (tertiary/aromatic N) is 1. The summed E-state index contributed by atoms with van der Waals surface area (Å²) in [7, 11) is 0. The first-order valence-corrected chi connectivity index (χ1v) is 4.71. The number of benzene rings is 1. The third-order valence-electron chi connectivity index (χ3n) is 2.17. The summed E-state index contributed by atoms with van der Waals surface area (Å²) < 4.78 is 26.0. The van der Waals surface area contributed by atoms with Crippen LogP contribution in [0.15, 0.2) is 23.4 Å². The first kappa shape index (κ1) is 12.2. The number of rotatable bonds is 4. The van der Waals surface area contributed by atoms with Crippen LogP contribution >= 0.6 is 0 Å². The molecule has 1 unspecified atom stereocenters. The van der Waals surface area contributed by atoms with Gasteiger partial charge in [0.15, 0.2) is 11.6 Å². The van der Waals surface area contributed by atoms with E-state index in [-0.39, 0.29) is 24.0 Å². The molecule has 1 atom stereocenters. The van der Waals surface area contributed by atoms with E-state index in [0.717, 1.165) is 6.07 Å². The van der Waals surface area contributed by atoms with Gasteiger partial charge in [0.25, 0.3) is 0 Å². The number of hydrogen-bond acceptors (Lipinski definition) is 3. The molecule has 0 aliphatic carbocycles. The van der Waals surface area contributed by atoms with Crippen molar-refractivity contribution >= 4 is 11.5 Å². The Morgan fingerprint density at radius 2 is 2.25 bits per heavy atom. The fraction of sp³-hybridized carbons (Fsp3) is 0.300. The molecule has 6 heteroatoms. The van der Waals surface area contributed by atoms with Gasteiger partial charge >= 0.3 is 0 Å². The van der Waals surface area contributed by atoms with E-state index >= 15 is 0 Å². The fourth-order valence-electron chi connectivity index (χ4n) is 1.11. The summed E-state index contributed by atoms with van der Waals surface area (Å²) in [6.07, 6.45) is 0. The van der Waals surface area contributed by atoms with Crippen LogP contribution in [0.2, 0.25) is 0 Å². The lowest BCUT2D eigenvalue weighted by atomic mass is 10.1. The predicted molar refractivity (Wildman–Crippen MR) is 57.4 cm³/mol. The summed E-state index contributed by atoms with van der Waals surface area (Å²) >= 11 is 0. The topological polar surface area (TPSA) is 70.6 Å². The Labute approximate surface area is 91.8 Å². The van der Waals surface area contributed by atoms with Gasteiger partial charge in [-0.05, 0) is 12.1 Å². The molecule has 1 aromatic rings. The third kappa shape index (κ3) is 2.82. The highest BCUT2D eigenvalue weighted by Crippen LogP contribution is 2.16. The molecule has 0 fully saturated rings. The molecule has 1 rings (SSSR count). The number of hydrogen-bond donors (Lipinski definition) is 3. The maximum absolute atomic E-state index is 13.2. The summed E-state index contributed by atoms with van der Waals surface area (Å²) in [4.78, 5) is 0. The molecule has 4 nitrogen and oxygen atoms in total. The Bertz CT molecular complexity index is 396. The van der Waals surface area contributed by atoms with E-state index in [4.69, 9.17) is 10.9 Å². The monoisotopic (exact) mass is 229 g/mol. The Morgan fingerprint density at radius 3 is 2.88 bits per heavy atom. The van der Waals surface area contributed by atoms with Gasteiger partial charge in [0.05, 0.1) is 5.69 Å². The minimum Gasteiger partial charge on any atom is -0.409 e. The van der Waals surface area contributed by atoms with Gasteiger partial charge in [-0.2, -0.15) is 0 Å². The van der Waals surface area contributed by atoms with Gasteiger partial charge in [0.2, 0.25) is 0 Å². The highest BCUT2D eigenvalue weighted by atomic mass is 19.2. The Hall–Kier alpha value is -1.85. The molecule has 0 heterocycles. The minimum atomic E-state index is -0.936. The number of nitrogens with two attached hydrogens (primary N) is 1. The zero-order valence-electron chi connectivity index (χ0n) is 8.74. The van der Waals surface area contributed by atoms with Gasteiger partial charge < -0.3 is 16.3 Å². The molecule has 0 saturated carbocycles. The molecule has 16 heavy (non-hydrogen) atoms. The molecule has 0 aromatic heterocycles. The highest BCUT2D eigenvalue weighted by Gasteiger charge is 2.10. The maximum atomic E-state index is 13.2. The van der Waals surface area contributed by atoms with E-state index in [1.165, 1.54) is 12.1 Å². The van der Waals surface area contributed by atoms with Crippen molar-refractivity contribution in [3.8, 4) is 0 Å². The van der Waals surface area contributed by atoms with Gasteiger partial charge in [-0.3, -0.25) is 0 Å². The van der Waals surface area contributed by atoms with Crippen molar-refractivity contribution in [2.45, 2.75) is 6.92 Å². The van der Waals surface area contributed by atoms with Crippen molar-refractivity contribution in [3.05, 3.63) is 29.8 Å². The molecule has 0 aliphatic rings. The van der Waals surface area contributed by atoms with Gasteiger partial charge in [-0.25, -0.2) is 8.78 Å². The second-order valence-electron chi connectivity index (χ2n) is 3.41. The number of halogens is 2. The minimum absolute atomic E-state index is 0.0318. The fourth-order valence-corrected chi connectivity index (χ4v) is 1.11. The normalized spacial score (nSPS) is 13.6. The van der Waals surface area contributed by atoms with Crippen LogP contribution < -0.4 is 11.1 Å². The van der Waals surface area contributed by atoms with Crippen LogP contribution in [-0.2, 0) is 0 Å². The van der Waals surface area contributed by atoms with E-state index < -0.39 is 11.6 Å². The van der Waals surface area contributed by atoms with E-state index in [0.29, 0.717) is 0 Å². The molecule has 0 spiro atoms. The average Bonchev–Trinajstić information content (AvgIpc) is 2.29. The van der Waals surface area contributed by atoms with E-state index in [1.807, 2.05) is 0 Å². The van der Waals surface area contributed by atoms with Crippen LogP contribution in [0.1, 0.15) is 6.92 Å². The van der Waals surface area contributed by atoms with Crippen LogP contribution in [0.5, 0.6) is 0 Å². The smallest absolute Gasteiger partial charge is 0.181 e. The van der Waals surface area contributed by atoms with Crippen molar-refractivity contribution < 1.29 is 14.0 Å². The van der Waals surface area contributed by atoms with Crippen LogP contribution in [0.3, 0.4) is 0 Å². The third-order valence-corrected chi connectivity index (χ3v) is 2.17. The van der Waals surface area contributed by atoms with Crippen molar-refractivity contribution in [3.63, 3.8) is 0 Å².